The molecule has 1 aliphatic rings. The fourth-order valence-electron chi connectivity index (χ4n) is 5.52. The first-order valence-electron chi connectivity index (χ1n) is 13.9. The number of anilines is 1. The number of halogens is 1. The largest absolute Gasteiger partial charge is 0.322 e. The second-order valence-corrected chi connectivity index (χ2v) is 10.8. The first-order chi connectivity index (χ1) is 19.5. The molecule has 0 saturated carbocycles. The zero-order valence-electron chi connectivity index (χ0n) is 22.6. The maximum absolute atomic E-state index is 13.2. The zero-order chi connectivity index (χ0) is 27.5. The van der Waals surface area contributed by atoms with Gasteiger partial charge >= 0.3 is 0 Å². The fourth-order valence-corrected chi connectivity index (χ4v) is 5.52. The molecule has 0 radical (unpaired) electrons. The summed E-state index contributed by atoms with van der Waals surface area (Å²) in [5.41, 5.74) is 6.79. The Hall–Kier alpha value is -4.35. The number of pyridine rings is 1. The molecule has 4 aromatic carbocycles. The lowest BCUT2D eigenvalue weighted by Gasteiger charge is -2.32. The number of fused-ring (bicyclic) bond motifs is 1. The van der Waals surface area contributed by atoms with Crippen LogP contribution in [-0.2, 0) is 6.54 Å². The molecule has 1 N–H and O–H groups in total. The van der Waals surface area contributed by atoms with E-state index >= 15 is 0 Å². The predicted molar refractivity (Wildman–Crippen MR) is 160 cm³/mol. The molecule has 1 aliphatic heterocycles. The van der Waals surface area contributed by atoms with Crippen molar-refractivity contribution in [3.05, 3.63) is 131 Å². The van der Waals surface area contributed by atoms with Crippen LogP contribution in [0, 0.1) is 12.7 Å². The van der Waals surface area contributed by atoms with Gasteiger partial charge in [0.15, 0.2) is 0 Å². The number of benzene rings is 4. The van der Waals surface area contributed by atoms with Crippen molar-refractivity contribution in [3.8, 4) is 11.3 Å². The van der Waals surface area contributed by atoms with Crippen LogP contribution < -0.4 is 5.32 Å². The van der Waals surface area contributed by atoms with Crippen LogP contribution in [0.4, 0.5) is 10.1 Å². The van der Waals surface area contributed by atoms with Crippen molar-refractivity contribution >= 4 is 22.4 Å². The van der Waals surface area contributed by atoms with Gasteiger partial charge in [-0.05, 0) is 115 Å². The summed E-state index contributed by atoms with van der Waals surface area (Å²) in [6, 6.07) is 31.3. The summed E-state index contributed by atoms with van der Waals surface area (Å²) in [7, 11) is 0. The second kappa shape index (κ2) is 11.4. The van der Waals surface area contributed by atoms with E-state index in [1.165, 1.54) is 41.7 Å². The highest BCUT2D eigenvalue weighted by atomic mass is 19.1. The Morgan fingerprint density at radius 1 is 0.875 bits per heavy atom. The molecular weight excluding hydrogens is 497 g/mol. The molecule has 0 bridgehead atoms. The summed E-state index contributed by atoms with van der Waals surface area (Å²) in [4.78, 5) is 19.8. The summed E-state index contributed by atoms with van der Waals surface area (Å²) in [5, 5.41) is 5.23. The molecule has 1 fully saturated rings. The third-order valence-electron chi connectivity index (χ3n) is 7.87. The molecule has 5 heteroatoms. The Morgan fingerprint density at radius 2 is 1.60 bits per heavy atom. The lowest BCUT2D eigenvalue weighted by Crippen LogP contribution is -2.32. The Balaban J connectivity index is 1.06. The average Bonchev–Trinajstić information content (AvgIpc) is 2.98. The Labute approximate surface area is 234 Å². The monoisotopic (exact) mass is 529 g/mol. The SMILES string of the molecule is Cc1ccc(C2CCN(Cc3ccc4cc(NC(=O)c5ccc(-c6ccc(F)cc6)nc5)ccc4c3)CC2)cc1. The van der Waals surface area contributed by atoms with Crippen molar-refractivity contribution in [3.63, 3.8) is 0 Å². The number of carbonyl (C=O) groups excluding carboxylic acids is 1. The predicted octanol–water partition coefficient (Wildman–Crippen LogP) is 7.98. The van der Waals surface area contributed by atoms with Crippen molar-refractivity contribution in [2.45, 2.75) is 32.2 Å². The molecule has 1 saturated heterocycles. The zero-order valence-corrected chi connectivity index (χ0v) is 22.6. The van der Waals surface area contributed by atoms with E-state index < -0.39 is 0 Å². The second-order valence-electron chi connectivity index (χ2n) is 10.8. The Bertz CT molecular complexity index is 1620. The fraction of sp³-hybridized carbons (Fsp3) is 0.200. The minimum absolute atomic E-state index is 0.219. The molecule has 200 valence electrons. The van der Waals surface area contributed by atoms with Gasteiger partial charge in [-0.1, -0.05) is 48.0 Å². The molecule has 0 aliphatic carbocycles. The van der Waals surface area contributed by atoms with E-state index in [2.05, 4.69) is 70.7 Å². The molecule has 40 heavy (non-hydrogen) atoms. The topological polar surface area (TPSA) is 45.2 Å². The van der Waals surface area contributed by atoms with Gasteiger partial charge in [0.2, 0.25) is 0 Å². The van der Waals surface area contributed by atoms with Crippen molar-refractivity contribution in [1.29, 1.82) is 0 Å². The van der Waals surface area contributed by atoms with Crippen LogP contribution in [0.3, 0.4) is 0 Å². The van der Waals surface area contributed by atoms with Gasteiger partial charge in [-0.2, -0.15) is 0 Å². The number of rotatable bonds is 6. The number of nitrogens with one attached hydrogen (secondary N) is 1. The van der Waals surface area contributed by atoms with E-state index in [-0.39, 0.29) is 11.7 Å². The molecule has 4 nitrogen and oxygen atoms in total. The number of nitrogens with zero attached hydrogens (tertiary/aromatic N) is 2. The minimum atomic E-state index is -0.291. The molecule has 1 aromatic heterocycles. The number of amides is 1. The van der Waals surface area contributed by atoms with Crippen molar-refractivity contribution in [2.75, 3.05) is 18.4 Å². The van der Waals surface area contributed by atoms with Crippen molar-refractivity contribution in [1.82, 2.24) is 9.88 Å². The summed E-state index contributed by atoms with van der Waals surface area (Å²) < 4.78 is 13.2. The minimum Gasteiger partial charge on any atom is -0.322 e. The third kappa shape index (κ3) is 5.95. The van der Waals surface area contributed by atoms with Crippen molar-refractivity contribution < 1.29 is 9.18 Å². The Morgan fingerprint density at radius 3 is 2.33 bits per heavy atom. The van der Waals surface area contributed by atoms with Crippen LogP contribution in [0.2, 0.25) is 0 Å². The quantitative estimate of drug-likeness (QED) is 0.243. The number of aryl methyl sites for hydroxylation is 1. The first kappa shape index (κ1) is 25.9. The number of piperidine rings is 1. The van der Waals surface area contributed by atoms with Crippen LogP contribution in [-0.4, -0.2) is 28.9 Å². The smallest absolute Gasteiger partial charge is 0.257 e. The van der Waals surface area contributed by atoms with E-state index in [1.54, 1.807) is 30.5 Å². The lowest BCUT2D eigenvalue weighted by molar-refractivity contribution is 0.102. The van der Waals surface area contributed by atoms with Crippen molar-refractivity contribution in [2.24, 2.45) is 0 Å². The number of hydrogen-bond acceptors (Lipinski definition) is 3. The van der Waals surface area contributed by atoms with E-state index in [9.17, 15) is 9.18 Å². The lowest BCUT2D eigenvalue weighted by atomic mass is 9.89. The highest BCUT2D eigenvalue weighted by Gasteiger charge is 2.20. The normalized spacial score (nSPS) is 14.3. The van der Waals surface area contributed by atoms with Crippen LogP contribution in [0.1, 0.15) is 45.8 Å². The number of hydrogen-bond donors (Lipinski definition) is 1. The van der Waals surface area contributed by atoms with Gasteiger partial charge in [0.1, 0.15) is 5.82 Å². The van der Waals surface area contributed by atoms with Gasteiger partial charge in [0.25, 0.3) is 5.91 Å². The van der Waals surface area contributed by atoms with Gasteiger partial charge < -0.3 is 5.32 Å². The third-order valence-corrected chi connectivity index (χ3v) is 7.87. The molecule has 1 amide bonds. The average molecular weight is 530 g/mol. The van der Waals surface area contributed by atoms with Crippen LogP contribution in [0.25, 0.3) is 22.0 Å². The summed E-state index contributed by atoms with van der Waals surface area (Å²) in [5.74, 6) is 0.148. The number of aromatic nitrogens is 1. The van der Waals surface area contributed by atoms with Gasteiger partial charge in [-0.3, -0.25) is 14.7 Å². The van der Waals surface area contributed by atoms with E-state index in [1.807, 2.05) is 12.1 Å². The van der Waals surface area contributed by atoms with E-state index in [0.717, 1.165) is 41.7 Å². The number of carbonyl (C=O) groups is 1. The molecule has 2 heterocycles. The molecule has 6 rings (SSSR count). The highest BCUT2D eigenvalue weighted by molar-refractivity contribution is 6.05. The van der Waals surface area contributed by atoms with E-state index in [0.29, 0.717) is 17.2 Å². The summed E-state index contributed by atoms with van der Waals surface area (Å²) in [6.07, 6.45) is 3.94. The Kier molecular flexibility index (Phi) is 7.39. The van der Waals surface area contributed by atoms with Crippen LogP contribution in [0.5, 0.6) is 0 Å². The summed E-state index contributed by atoms with van der Waals surface area (Å²) >= 11 is 0. The summed E-state index contributed by atoms with van der Waals surface area (Å²) in [6.45, 7) is 5.32. The molecule has 0 unspecified atom stereocenters. The van der Waals surface area contributed by atoms with Gasteiger partial charge in [-0.15, -0.1) is 0 Å². The number of likely N-dealkylation sites (tertiary alicyclic amines) is 1. The van der Waals surface area contributed by atoms with E-state index in [4.69, 9.17) is 0 Å². The highest BCUT2D eigenvalue weighted by Crippen LogP contribution is 2.29. The molecule has 0 spiro atoms. The maximum atomic E-state index is 13.2. The van der Waals surface area contributed by atoms with Crippen LogP contribution >= 0.6 is 0 Å². The molecule has 5 aromatic rings. The molecular formula is C35H32FN3O. The van der Waals surface area contributed by atoms with Gasteiger partial charge in [-0.25, -0.2) is 4.39 Å². The maximum Gasteiger partial charge on any atom is 0.257 e. The standard InChI is InChI=1S/C35H32FN3O/c1-24-2-5-26(6-3-24)27-16-18-39(19-17-27)23-25-4-7-30-21-33(14-10-29(30)20-25)38-35(40)31-11-15-34(37-22-31)28-8-12-32(36)13-9-28/h2-15,20-22,27H,16-19,23H2,1H3,(H,38,40). The molecule has 0 atom stereocenters. The van der Waals surface area contributed by atoms with Gasteiger partial charge in [0, 0.05) is 24.0 Å². The first-order valence-corrected chi connectivity index (χ1v) is 13.9. The van der Waals surface area contributed by atoms with Gasteiger partial charge in [0.05, 0.1) is 11.3 Å². The van der Waals surface area contributed by atoms with Crippen LogP contribution in [0.15, 0.2) is 103 Å².